The Hall–Kier alpha value is -1.22. The van der Waals surface area contributed by atoms with Crippen LogP contribution in [0.1, 0.15) is 30.6 Å². The Kier molecular flexibility index (Phi) is 5.29. The molecule has 0 aliphatic heterocycles. The van der Waals surface area contributed by atoms with Crippen molar-refractivity contribution in [3.8, 4) is 5.75 Å². The van der Waals surface area contributed by atoms with Crippen molar-refractivity contribution in [1.29, 1.82) is 0 Å². The van der Waals surface area contributed by atoms with Crippen molar-refractivity contribution in [2.75, 3.05) is 5.88 Å². The number of phenolic OH excluding ortho intramolecular Hbond substituents is 1. The highest BCUT2D eigenvalue weighted by Gasteiger charge is 2.16. The van der Waals surface area contributed by atoms with Gasteiger partial charge in [0, 0.05) is 17.5 Å². The van der Waals surface area contributed by atoms with Crippen molar-refractivity contribution >= 4 is 17.5 Å². The topological polar surface area (TPSA) is 49.3 Å². The summed E-state index contributed by atoms with van der Waals surface area (Å²) in [5.74, 6) is 0.893. The minimum atomic E-state index is -0.131. The molecular formula is C13H18ClNO2. The van der Waals surface area contributed by atoms with E-state index in [0.29, 0.717) is 17.4 Å². The number of carbonyl (C=O) groups is 1. The molecule has 0 aromatic heterocycles. The van der Waals surface area contributed by atoms with E-state index < -0.39 is 0 Å². The highest BCUT2D eigenvalue weighted by molar-refractivity contribution is 6.17. The van der Waals surface area contributed by atoms with Crippen LogP contribution in [0.3, 0.4) is 0 Å². The fraction of sp³-hybridized carbons (Fsp3) is 0.462. The van der Waals surface area contributed by atoms with Gasteiger partial charge >= 0.3 is 0 Å². The average Bonchev–Trinajstić information content (AvgIpc) is 2.29. The molecule has 0 heterocycles. The van der Waals surface area contributed by atoms with E-state index in [0.717, 1.165) is 6.42 Å². The molecule has 1 rings (SSSR count). The maximum absolute atomic E-state index is 11.9. The number of hydrogen-bond acceptors (Lipinski definition) is 2. The summed E-state index contributed by atoms with van der Waals surface area (Å²) in [6.07, 6.45) is 0.753. The Morgan fingerprint density at radius 2 is 1.94 bits per heavy atom. The molecule has 94 valence electrons. The maximum atomic E-state index is 11.9. The second-order valence-electron chi connectivity index (χ2n) is 4.35. The van der Waals surface area contributed by atoms with Gasteiger partial charge in [0.1, 0.15) is 5.75 Å². The van der Waals surface area contributed by atoms with E-state index in [1.165, 1.54) is 12.1 Å². The van der Waals surface area contributed by atoms with Gasteiger partial charge in [-0.25, -0.2) is 0 Å². The van der Waals surface area contributed by atoms with Crippen molar-refractivity contribution in [2.24, 2.45) is 5.92 Å². The van der Waals surface area contributed by atoms with Crippen LogP contribution in [-0.4, -0.2) is 22.9 Å². The number of alkyl halides is 1. The van der Waals surface area contributed by atoms with E-state index in [1.807, 2.05) is 13.8 Å². The monoisotopic (exact) mass is 255 g/mol. The molecule has 0 saturated carbocycles. The molecule has 0 fully saturated rings. The predicted molar refractivity (Wildman–Crippen MR) is 69.5 cm³/mol. The van der Waals surface area contributed by atoms with E-state index in [9.17, 15) is 4.79 Å². The SMILES string of the molecule is CC(C)C(CCCl)NC(=O)c1ccc(O)cc1. The Labute approximate surface area is 107 Å². The zero-order valence-electron chi connectivity index (χ0n) is 10.1. The summed E-state index contributed by atoms with van der Waals surface area (Å²) in [5.41, 5.74) is 0.544. The first-order valence-corrected chi connectivity index (χ1v) is 6.24. The summed E-state index contributed by atoms with van der Waals surface area (Å²) >= 11 is 5.71. The summed E-state index contributed by atoms with van der Waals surface area (Å²) in [4.78, 5) is 11.9. The van der Waals surface area contributed by atoms with Gasteiger partial charge < -0.3 is 10.4 Å². The second-order valence-corrected chi connectivity index (χ2v) is 4.73. The second kappa shape index (κ2) is 6.50. The molecule has 0 bridgehead atoms. The molecule has 0 radical (unpaired) electrons. The molecule has 3 nitrogen and oxygen atoms in total. The van der Waals surface area contributed by atoms with Gasteiger partial charge in [-0.3, -0.25) is 4.79 Å². The first-order chi connectivity index (χ1) is 8.04. The first-order valence-electron chi connectivity index (χ1n) is 5.70. The van der Waals surface area contributed by atoms with E-state index in [4.69, 9.17) is 16.7 Å². The summed E-state index contributed by atoms with van der Waals surface area (Å²) in [5, 5.41) is 12.1. The smallest absolute Gasteiger partial charge is 0.251 e. The van der Waals surface area contributed by atoms with Crippen LogP contribution >= 0.6 is 11.6 Å². The molecule has 1 unspecified atom stereocenters. The van der Waals surface area contributed by atoms with Gasteiger partial charge in [-0.15, -0.1) is 11.6 Å². The third kappa shape index (κ3) is 4.27. The van der Waals surface area contributed by atoms with E-state index >= 15 is 0 Å². The zero-order chi connectivity index (χ0) is 12.8. The fourth-order valence-corrected chi connectivity index (χ4v) is 1.79. The molecule has 1 atom stereocenters. The van der Waals surface area contributed by atoms with Gasteiger partial charge in [0.2, 0.25) is 0 Å². The summed E-state index contributed by atoms with van der Waals surface area (Å²) in [7, 11) is 0. The van der Waals surface area contributed by atoms with Crippen LogP contribution in [0.5, 0.6) is 5.75 Å². The number of amides is 1. The van der Waals surface area contributed by atoms with Crippen LogP contribution in [0.15, 0.2) is 24.3 Å². The minimum absolute atomic E-state index is 0.0776. The average molecular weight is 256 g/mol. The van der Waals surface area contributed by atoms with Crippen molar-refractivity contribution < 1.29 is 9.90 Å². The van der Waals surface area contributed by atoms with Crippen molar-refractivity contribution in [1.82, 2.24) is 5.32 Å². The van der Waals surface area contributed by atoms with E-state index in [1.54, 1.807) is 12.1 Å². The third-order valence-electron chi connectivity index (χ3n) is 2.67. The molecule has 0 aliphatic rings. The molecule has 1 aromatic carbocycles. The quantitative estimate of drug-likeness (QED) is 0.795. The molecule has 1 amide bonds. The standard InChI is InChI=1S/C13H18ClNO2/c1-9(2)12(7-8-14)15-13(17)10-3-5-11(16)6-4-10/h3-6,9,12,16H,7-8H2,1-2H3,(H,15,17). The molecular weight excluding hydrogens is 238 g/mol. The van der Waals surface area contributed by atoms with E-state index in [2.05, 4.69) is 5.32 Å². The van der Waals surface area contributed by atoms with Gasteiger partial charge in [-0.05, 0) is 36.6 Å². The number of hydrogen-bond donors (Lipinski definition) is 2. The van der Waals surface area contributed by atoms with Crippen LogP contribution in [0.2, 0.25) is 0 Å². The van der Waals surface area contributed by atoms with Gasteiger partial charge in [-0.2, -0.15) is 0 Å². The highest BCUT2D eigenvalue weighted by Crippen LogP contribution is 2.12. The molecule has 0 spiro atoms. The van der Waals surface area contributed by atoms with Crippen LogP contribution in [0.4, 0.5) is 0 Å². The van der Waals surface area contributed by atoms with Crippen LogP contribution < -0.4 is 5.32 Å². The van der Waals surface area contributed by atoms with Crippen molar-refractivity contribution in [3.05, 3.63) is 29.8 Å². The van der Waals surface area contributed by atoms with Crippen LogP contribution in [0.25, 0.3) is 0 Å². The minimum Gasteiger partial charge on any atom is -0.508 e. The normalized spacial score (nSPS) is 12.5. The fourth-order valence-electron chi connectivity index (χ4n) is 1.55. The van der Waals surface area contributed by atoms with Crippen LogP contribution in [0, 0.1) is 5.92 Å². The Balaban J connectivity index is 2.66. The van der Waals surface area contributed by atoms with E-state index in [-0.39, 0.29) is 17.7 Å². The van der Waals surface area contributed by atoms with Gasteiger partial charge in [-0.1, -0.05) is 13.8 Å². The number of aromatic hydroxyl groups is 1. The first kappa shape index (κ1) is 13.8. The zero-order valence-corrected chi connectivity index (χ0v) is 10.9. The lowest BCUT2D eigenvalue weighted by Crippen LogP contribution is -2.38. The Morgan fingerprint density at radius 1 is 1.35 bits per heavy atom. The molecule has 2 N–H and O–H groups in total. The number of nitrogens with one attached hydrogen (secondary N) is 1. The highest BCUT2D eigenvalue weighted by atomic mass is 35.5. The van der Waals surface area contributed by atoms with Gasteiger partial charge in [0.25, 0.3) is 5.91 Å². The molecule has 0 aliphatic carbocycles. The van der Waals surface area contributed by atoms with Gasteiger partial charge in [0.15, 0.2) is 0 Å². The lowest BCUT2D eigenvalue weighted by molar-refractivity contribution is 0.0925. The molecule has 4 heteroatoms. The lowest BCUT2D eigenvalue weighted by Gasteiger charge is -2.21. The summed E-state index contributed by atoms with van der Waals surface area (Å²) in [6, 6.07) is 6.28. The van der Waals surface area contributed by atoms with Crippen LogP contribution in [-0.2, 0) is 0 Å². The van der Waals surface area contributed by atoms with Crippen molar-refractivity contribution in [2.45, 2.75) is 26.3 Å². The predicted octanol–water partition coefficient (Wildman–Crippen LogP) is 2.78. The Bertz CT molecular complexity index is 362. The molecule has 0 saturated heterocycles. The number of benzene rings is 1. The Morgan fingerprint density at radius 3 is 2.41 bits per heavy atom. The number of phenols is 1. The number of carbonyl (C=O) groups excluding carboxylic acids is 1. The third-order valence-corrected chi connectivity index (χ3v) is 2.89. The number of halogens is 1. The number of rotatable bonds is 5. The summed E-state index contributed by atoms with van der Waals surface area (Å²) < 4.78 is 0. The molecule has 17 heavy (non-hydrogen) atoms. The maximum Gasteiger partial charge on any atom is 0.251 e. The van der Waals surface area contributed by atoms with Crippen molar-refractivity contribution in [3.63, 3.8) is 0 Å². The largest absolute Gasteiger partial charge is 0.508 e. The lowest BCUT2D eigenvalue weighted by atomic mass is 10.0. The van der Waals surface area contributed by atoms with Gasteiger partial charge in [0.05, 0.1) is 0 Å². The summed E-state index contributed by atoms with van der Waals surface area (Å²) in [6.45, 7) is 4.10. The molecule has 1 aromatic rings.